The standard InChI is InChI=1S/C16H26N2O/c1-4-6-10-18(11-7-5-2)14-8-9-16(17)15(12-14)13(3)19/h8-9,12H,4-7,10-11,17H2,1-3H3. The number of carbonyl (C=O) groups is 1. The first kappa shape index (κ1) is 15.5. The minimum absolute atomic E-state index is 0.0327. The van der Waals surface area contributed by atoms with Crippen molar-refractivity contribution in [3.05, 3.63) is 23.8 Å². The second kappa shape index (κ2) is 7.82. The monoisotopic (exact) mass is 262 g/mol. The molecule has 0 atom stereocenters. The summed E-state index contributed by atoms with van der Waals surface area (Å²) in [6, 6.07) is 5.80. The summed E-state index contributed by atoms with van der Waals surface area (Å²) >= 11 is 0. The molecule has 0 bridgehead atoms. The van der Waals surface area contributed by atoms with E-state index in [4.69, 9.17) is 5.73 Å². The third-order valence-electron chi connectivity index (χ3n) is 3.34. The van der Waals surface area contributed by atoms with Crippen molar-refractivity contribution >= 4 is 17.2 Å². The minimum atomic E-state index is 0.0327. The molecule has 1 aromatic carbocycles. The molecule has 0 aliphatic rings. The number of hydrogen-bond donors (Lipinski definition) is 1. The number of carbonyl (C=O) groups excluding carboxylic acids is 1. The van der Waals surface area contributed by atoms with Gasteiger partial charge in [-0.15, -0.1) is 0 Å². The molecule has 3 heteroatoms. The summed E-state index contributed by atoms with van der Waals surface area (Å²) in [7, 11) is 0. The maximum atomic E-state index is 11.6. The number of ketones is 1. The summed E-state index contributed by atoms with van der Waals surface area (Å²) in [4.78, 5) is 13.9. The molecule has 2 N–H and O–H groups in total. The van der Waals surface area contributed by atoms with Gasteiger partial charge in [-0.25, -0.2) is 0 Å². The number of unbranched alkanes of at least 4 members (excludes halogenated alkanes) is 2. The van der Waals surface area contributed by atoms with E-state index in [9.17, 15) is 4.79 Å². The fourth-order valence-corrected chi connectivity index (χ4v) is 2.11. The molecular formula is C16H26N2O. The van der Waals surface area contributed by atoms with Crippen molar-refractivity contribution in [2.45, 2.75) is 46.5 Å². The molecule has 0 saturated heterocycles. The average molecular weight is 262 g/mol. The van der Waals surface area contributed by atoms with Crippen molar-refractivity contribution in [1.82, 2.24) is 0 Å². The molecule has 106 valence electrons. The van der Waals surface area contributed by atoms with Crippen LogP contribution in [0.25, 0.3) is 0 Å². The number of benzene rings is 1. The Morgan fingerprint density at radius 3 is 2.21 bits per heavy atom. The van der Waals surface area contributed by atoms with Gasteiger partial charge in [0.2, 0.25) is 0 Å². The molecule has 3 nitrogen and oxygen atoms in total. The lowest BCUT2D eigenvalue weighted by Gasteiger charge is -2.25. The lowest BCUT2D eigenvalue weighted by Crippen LogP contribution is -2.25. The van der Waals surface area contributed by atoms with Gasteiger partial charge in [0.15, 0.2) is 5.78 Å². The highest BCUT2D eigenvalue weighted by Gasteiger charge is 2.10. The van der Waals surface area contributed by atoms with E-state index >= 15 is 0 Å². The topological polar surface area (TPSA) is 46.3 Å². The summed E-state index contributed by atoms with van der Waals surface area (Å²) in [5.74, 6) is 0.0327. The maximum Gasteiger partial charge on any atom is 0.161 e. The van der Waals surface area contributed by atoms with Crippen molar-refractivity contribution in [2.75, 3.05) is 23.7 Å². The lowest BCUT2D eigenvalue weighted by molar-refractivity contribution is 0.101. The van der Waals surface area contributed by atoms with E-state index in [-0.39, 0.29) is 5.78 Å². The largest absolute Gasteiger partial charge is 0.398 e. The molecule has 1 rings (SSSR count). The molecule has 0 amide bonds. The first-order chi connectivity index (χ1) is 9.10. The Labute approximate surface area is 116 Å². The zero-order valence-electron chi connectivity index (χ0n) is 12.4. The van der Waals surface area contributed by atoms with Gasteiger partial charge in [0.1, 0.15) is 0 Å². The molecule has 0 heterocycles. The van der Waals surface area contributed by atoms with Gasteiger partial charge in [-0.3, -0.25) is 4.79 Å². The predicted octanol–water partition coefficient (Wildman–Crippen LogP) is 3.88. The van der Waals surface area contributed by atoms with E-state index in [1.807, 2.05) is 18.2 Å². The third-order valence-corrected chi connectivity index (χ3v) is 3.34. The number of nitrogens with two attached hydrogens (primary N) is 1. The third kappa shape index (κ3) is 4.58. The molecule has 0 saturated carbocycles. The number of nitrogens with zero attached hydrogens (tertiary/aromatic N) is 1. The van der Waals surface area contributed by atoms with Crippen LogP contribution in [0.1, 0.15) is 56.8 Å². The molecule has 1 aromatic rings. The fraction of sp³-hybridized carbons (Fsp3) is 0.562. The second-order valence-electron chi connectivity index (χ2n) is 5.02. The number of anilines is 2. The summed E-state index contributed by atoms with van der Waals surface area (Å²) in [6.07, 6.45) is 4.70. The first-order valence-corrected chi connectivity index (χ1v) is 7.25. The Kier molecular flexibility index (Phi) is 6.40. The maximum absolute atomic E-state index is 11.6. The summed E-state index contributed by atoms with van der Waals surface area (Å²) < 4.78 is 0. The summed E-state index contributed by atoms with van der Waals surface area (Å²) in [5.41, 5.74) is 8.17. The smallest absolute Gasteiger partial charge is 0.161 e. The van der Waals surface area contributed by atoms with Gasteiger partial charge >= 0.3 is 0 Å². The van der Waals surface area contributed by atoms with Crippen LogP contribution in [-0.2, 0) is 0 Å². The van der Waals surface area contributed by atoms with E-state index in [1.54, 1.807) is 6.92 Å². The van der Waals surface area contributed by atoms with Crippen molar-refractivity contribution < 1.29 is 4.79 Å². The van der Waals surface area contributed by atoms with Gasteiger partial charge < -0.3 is 10.6 Å². The number of nitrogen functional groups attached to an aromatic ring is 1. The fourth-order valence-electron chi connectivity index (χ4n) is 2.11. The molecule has 0 unspecified atom stereocenters. The van der Waals surface area contributed by atoms with Gasteiger partial charge in [-0.05, 0) is 38.0 Å². The zero-order chi connectivity index (χ0) is 14.3. The van der Waals surface area contributed by atoms with E-state index in [0.717, 1.165) is 18.8 Å². The van der Waals surface area contributed by atoms with E-state index in [1.165, 1.54) is 25.7 Å². The second-order valence-corrected chi connectivity index (χ2v) is 5.02. The van der Waals surface area contributed by atoms with Crippen molar-refractivity contribution in [3.63, 3.8) is 0 Å². The number of hydrogen-bond acceptors (Lipinski definition) is 3. The van der Waals surface area contributed by atoms with Crippen LogP contribution in [0.5, 0.6) is 0 Å². The Morgan fingerprint density at radius 2 is 1.74 bits per heavy atom. The van der Waals surface area contributed by atoms with Crippen LogP contribution in [0, 0.1) is 0 Å². The Hall–Kier alpha value is -1.51. The predicted molar refractivity (Wildman–Crippen MR) is 82.9 cm³/mol. The minimum Gasteiger partial charge on any atom is -0.398 e. The lowest BCUT2D eigenvalue weighted by atomic mass is 10.1. The van der Waals surface area contributed by atoms with Gasteiger partial charge in [0.05, 0.1) is 0 Å². The van der Waals surface area contributed by atoms with Crippen LogP contribution in [-0.4, -0.2) is 18.9 Å². The molecule has 0 radical (unpaired) electrons. The Balaban J connectivity index is 2.93. The quantitative estimate of drug-likeness (QED) is 0.571. The summed E-state index contributed by atoms with van der Waals surface area (Å²) in [5, 5.41) is 0. The number of Topliss-reactive ketones (excluding diaryl/α,β-unsaturated/α-hetero) is 1. The van der Waals surface area contributed by atoms with Crippen LogP contribution in [0.2, 0.25) is 0 Å². The van der Waals surface area contributed by atoms with Crippen molar-refractivity contribution in [3.8, 4) is 0 Å². The average Bonchev–Trinajstić information content (AvgIpc) is 2.39. The van der Waals surface area contributed by atoms with Crippen LogP contribution < -0.4 is 10.6 Å². The van der Waals surface area contributed by atoms with Gasteiger partial charge in [0, 0.05) is 30.0 Å². The molecular weight excluding hydrogens is 236 g/mol. The Bertz CT molecular complexity index is 407. The normalized spacial score (nSPS) is 10.5. The highest BCUT2D eigenvalue weighted by atomic mass is 16.1. The SMILES string of the molecule is CCCCN(CCCC)c1ccc(N)c(C(C)=O)c1. The van der Waals surface area contributed by atoms with Crippen molar-refractivity contribution in [2.24, 2.45) is 0 Å². The highest BCUT2D eigenvalue weighted by molar-refractivity contribution is 6.00. The van der Waals surface area contributed by atoms with E-state index < -0.39 is 0 Å². The molecule has 0 aromatic heterocycles. The highest BCUT2D eigenvalue weighted by Crippen LogP contribution is 2.22. The number of rotatable bonds is 8. The van der Waals surface area contributed by atoms with Gasteiger partial charge in [0.25, 0.3) is 0 Å². The van der Waals surface area contributed by atoms with Gasteiger partial charge in [-0.1, -0.05) is 26.7 Å². The zero-order valence-corrected chi connectivity index (χ0v) is 12.4. The molecule has 0 spiro atoms. The van der Waals surface area contributed by atoms with E-state index in [2.05, 4.69) is 18.7 Å². The van der Waals surface area contributed by atoms with Crippen LogP contribution >= 0.6 is 0 Å². The molecule has 0 fully saturated rings. The van der Waals surface area contributed by atoms with Crippen LogP contribution in [0.4, 0.5) is 11.4 Å². The van der Waals surface area contributed by atoms with Gasteiger partial charge in [-0.2, -0.15) is 0 Å². The Morgan fingerprint density at radius 1 is 1.16 bits per heavy atom. The van der Waals surface area contributed by atoms with E-state index in [0.29, 0.717) is 11.3 Å². The summed E-state index contributed by atoms with van der Waals surface area (Å²) in [6.45, 7) is 8.04. The first-order valence-electron chi connectivity index (χ1n) is 7.25. The molecule has 19 heavy (non-hydrogen) atoms. The van der Waals surface area contributed by atoms with Crippen LogP contribution in [0.15, 0.2) is 18.2 Å². The molecule has 0 aliphatic heterocycles. The van der Waals surface area contributed by atoms with Crippen LogP contribution in [0.3, 0.4) is 0 Å². The molecule has 0 aliphatic carbocycles. The van der Waals surface area contributed by atoms with Crippen molar-refractivity contribution in [1.29, 1.82) is 0 Å².